The van der Waals surface area contributed by atoms with E-state index in [1.165, 1.54) is 7.11 Å². The summed E-state index contributed by atoms with van der Waals surface area (Å²) in [5.74, 6) is -0.797. The van der Waals surface area contributed by atoms with Crippen molar-refractivity contribution in [3.05, 3.63) is 12.2 Å². The molecular formula is C12H20N2O5. The molecule has 0 aromatic rings. The van der Waals surface area contributed by atoms with Gasteiger partial charge in [0, 0.05) is 18.5 Å². The Kier molecular flexibility index (Phi) is 8.86. The number of rotatable bonds is 8. The zero-order chi connectivity index (χ0) is 14.7. The van der Waals surface area contributed by atoms with E-state index in [1.54, 1.807) is 6.92 Å². The summed E-state index contributed by atoms with van der Waals surface area (Å²) in [6, 6.07) is -0.378. The third-order valence-corrected chi connectivity index (χ3v) is 2.04. The Bertz CT molecular complexity index is 341. The van der Waals surface area contributed by atoms with Gasteiger partial charge in [-0.2, -0.15) is 0 Å². The largest absolute Gasteiger partial charge is 0.469 e. The van der Waals surface area contributed by atoms with Gasteiger partial charge in [-0.15, -0.1) is 0 Å². The van der Waals surface area contributed by atoms with Gasteiger partial charge in [0.05, 0.1) is 13.7 Å². The summed E-state index contributed by atoms with van der Waals surface area (Å²) >= 11 is 0. The van der Waals surface area contributed by atoms with E-state index in [4.69, 9.17) is 4.74 Å². The molecule has 2 amide bonds. The van der Waals surface area contributed by atoms with Crippen LogP contribution < -0.4 is 10.6 Å². The van der Waals surface area contributed by atoms with Crippen LogP contribution in [-0.4, -0.2) is 44.8 Å². The number of carbonyl (C=O) groups excluding carboxylic acids is 3. The third-order valence-electron chi connectivity index (χ3n) is 2.04. The van der Waals surface area contributed by atoms with Gasteiger partial charge in [-0.1, -0.05) is 6.58 Å². The number of carbonyl (C=O) groups is 3. The molecule has 0 atom stereocenters. The lowest BCUT2D eigenvalue weighted by molar-refractivity contribution is -0.141. The summed E-state index contributed by atoms with van der Waals surface area (Å²) in [5.41, 5.74) is 0.312. The summed E-state index contributed by atoms with van der Waals surface area (Å²) in [6.07, 6.45) is 0.762. The Hall–Kier alpha value is -2.05. The Morgan fingerprint density at radius 3 is 2.37 bits per heavy atom. The first-order chi connectivity index (χ1) is 8.97. The van der Waals surface area contributed by atoms with Gasteiger partial charge < -0.3 is 20.1 Å². The van der Waals surface area contributed by atoms with Crippen LogP contribution in [0.25, 0.3) is 0 Å². The predicted molar refractivity (Wildman–Crippen MR) is 68.4 cm³/mol. The smallest absolute Gasteiger partial charge is 0.333 e. The van der Waals surface area contributed by atoms with E-state index in [9.17, 15) is 14.4 Å². The second-order valence-electron chi connectivity index (χ2n) is 3.78. The maximum Gasteiger partial charge on any atom is 0.333 e. The molecule has 0 aliphatic heterocycles. The molecule has 0 aliphatic carbocycles. The van der Waals surface area contributed by atoms with Gasteiger partial charge in [-0.3, -0.25) is 4.79 Å². The molecule has 0 heterocycles. The summed E-state index contributed by atoms with van der Waals surface area (Å²) in [4.78, 5) is 33.0. The quantitative estimate of drug-likeness (QED) is 0.378. The minimum Gasteiger partial charge on any atom is -0.469 e. The van der Waals surface area contributed by atoms with Gasteiger partial charge in [0.15, 0.2) is 0 Å². The molecule has 0 aliphatic rings. The molecule has 2 N–H and O–H groups in total. The maximum absolute atomic E-state index is 11.2. The monoisotopic (exact) mass is 272 g/mol. The van der Waals surface area contributed by atoms with E-state index < -0.39 is 5.97 Å². The van der Waals surface area contributed by atoms with Crippen molar-refractivity contribution in [2.75, 3.05) is 26.8 Å². The molecule has 0 unspecified atom stereocenters. The molecule has 0 fully saturated rings. The molecule has 0 bridgehead atoms. The van der Waals surface area contributed by atoms with Crippen LogP contribution in [0.4, 0.5) is 4.79 Å². The van der Waals surface area contributed by atoms with E-state index in [0.717, 1.165) is 0 Å². The first-order valence-corrected chi connectivity index (χ1v) is 5.88. The van der Waals surface area contributed by atoms with E-state index in [1.807, 2.05) is 0 Å². The summed E-state index contributed by atoms with van der Waals surface area (Å²) in [5, 5.41) is 5.06. The summed E-state index contributed by atoms with van der Waals surface area (Å²) in [6.45, 7) is 5.64. The highest BCUT2D eigenvalue weighted by Crippen LogP contribution is 1.91. The zero-order valence-electron chi connectivity index (χ0n) is 11.3. The second-order valence-corrected chi connectivity index (χ2v) is 3.78. The van der Waals surface area contributed by atoms with Gasteiger partial charge in [0.1, 0.15) is 6.61 Å². The molecule has 0 rings (SSSR count). The van der Waals surface area contributed by atoms with Crippen molar-refractivity contribution in [3.8, 4) is 0 Å². The lowest BCUT2D eigenvalue weighted by atomic mass is 10.3. The number of hydrogen-bond acceptors (Lipinski definition) is 5. The topological polar surface area (TPSA) is 93.7 Å². The van der Waals surface area contributed by atoms with Crippen LogP contribution in [0.15, 0.2) is 12.2 Å². The van der Waals surface area contributed by atoms with Crippen LogP contribution in [0.1, 0.15) is 19.8 Å². The summed E-state index contributed by atoms with van der Waals surface area (Å²) < 4.78 is 9.24. The van der Waals surface area contributed by atoms with Gasteiger partial charge in [-0.05, 0) is 13.3 Å². The number of amides is 2. The van der Waals surface area contributed by atoms with Crippen LogP contribution in [0.2, 0.25) is 0 Å². The first kappa shape index (κ1) is 16.9. The number of hydrogen-bond donors (Lipinski definition) is 2. The average Bonchev–Trinajstić information content (AvgIpc) is 2.38. The standard InChI is InChI=1S/C12H20N2O5/c1-9(2)11(16)19-8-7-14-12(17)13-6-4-5-10(15)18-3/h1,4-8H2,2-3H3,(H2,13,14,17). The van der Waals surface area contributed by atoms with Crippen molar-refractivity contribution in [1.82, 2.24) is 10.6 Å². The van der Waals surface area contributed by atoms with Crippen LogP contribution in [0.5, 0.6) is 0 Å². The number of ether oxygens (including phenoxy) is 2. The highest BCUT2D eigenvalue weighted by molar-refractivity contribution is 5.86. The first-order valence-electron chi connectivity index (χ1n) is 5.88. The fraction of sp³-hybridized carbons (Fsp3) is 0.583. The fourth-order valence-electron chi connectivity index (χ4n) is 1.03. The molecule has 19 heavy (non-hydrogen) atoms. The molecule has 0 aromatic heterocycles. The fourth-order valence-corrected chi connectivity index (χ4v) is 1.03. The van der Waals surface area contributed by atoms with E-state index in [0.29, 0.717) is 18.5 Å². The van der Waals surface area contributed by atoms with Crippen LogP contribution in [0.3, 0.4) is 0 Å². The minimum absolute atomic E-state index is 0.0846. The Balaban J connectivity index is 3.47. The van der Waals surface area contributed by atoms with Crippen molar-refractivity contribution in [2.45, 2.75) is 19.8 Å². The van der Waals surface area contributed by atoms with Crippen molar-refractivity contribution in [1.29, 1.82) is 0 Å². The van der Waals surface area contributed by atoms with Crippen LogP contribution in [0, 0.1) is 0 Å². The van der Waals surface area contributed by atoms with Crippen molar-refractivity contribution >= 4 is 18.0 Å². The number of methoxy groups -OCH3 is 1. The van der Waals surface area contributed by atoms with Crippen molar-refractivity contribution in [3.63, 3.8) is 0 Å². The van der Waals surface area contributed by atoms with Crippen molar-refractivity contribution in [2.24, 2.45) is 0 Å². The molecule has 0 radical (unpaired) electrons. The second kappa shape index (κ2) is 9.93. The van der Waals surface area contributed by atoms with Gasteiger partial charge in [0.2, 0.25) is 0 Å². The summed E-state index contributed by atoms with van der Waals surface area (Å²) in [7, 11) is 1.31. The van der Waals surface area contributed by atoms with Crippen LogP contribution in [-0.2, 0) is 19.1 Å². The zero-order valence-corrected chi connectivity index (χ0v) is 11.3. The Morgan fingerprint density at radius 2 is 1.79 bits per heavy atom. The molecule has 0 spiro atoms. The number of urea groups is 1. The van der Waals surface area contributed by atoms with Crippen molar-refractivity contribution < 1.29 is 23.9 Å². The van der Waals surface area contributed by atoms with E-state index >= 15 is 0 Å². The number of esters is 2. The van der Waals surface area contributed by atoms with Gasteiger partial charge in [-0.25, -0.2) is 9.59 Å². The molecular weight excluding hydrogens is 252 g/mol. The van der Waals surface area contributed by atoms with E-state index in [2.05, 4.69) is 21.9 Å². The Labute approximate surface area is 112 Å². The predicted octanol–water partition coefficient (Wildman–Crippen LogP) is 0.358. The lowest BCUT2D eigenvalue weighted by Crippen LogP contribution is -2.38. The third kappa shape index (κ3) is 9.63. The van der Waals surface area contributed by atoms with E-state index in [-0.39, 0.29) is 31.6 Å². The molecule has 0 saturated heterocycles. The average molecular weight is 272 g/mol. The molecule has 0 saturated carbocycles. The molecule has 108 valence electrons. The molecule has 0 aromatic carbocycles. The van der Waals surface area contributed by atoms with Crippen LogP contribution >= 0.6 is 0 Å². The number of nitrogens with one attached hydrogen (secondary N) is 2. The Morgan fingerprint density at radius 1 is 1.16 bits per heavy atom. The normalized spacial score (nSPS) is 9.37. The van der Waals surface area contributed by atoms with Gasteiger partial charge in [0.25, 0.3) is 0 Å². The molecule has 7 heteroatoms. The SMILES string of the molecule is C=C(C)C(=O)OCCNC(=O)NCCCC(=O)OC. The molecule has 7 nitrogen and oxygen atoms in total. The minimum atomic E-state index is -0.486. The highest BCUT2D eigenvalue weighted by atomic mass is 16.5. The lowest BCUT2D eigenvalue weighted by Gasteiger charge is -2.08. The van der Waals surface area contributed by atoms with Gasteiger partial charge >= 0.3 is 18.0 Å². The maximum atomic E-state index is 11.2. The highest BCUT2D eigenvalue weighted by Gasteiger charge is 2.04.